The molecule has 1 aliphatic rings. The number of aliphatic imine (C=N–C) groups is 1. The molecule has 0 amide bonds. The third-order valence-corrected chi connectivity index (χ3v) is 4.06. The molecule has 1 aliphatic carbocycles. The number of aliphatic hydroxyl groups is 1. The van der Waals surface area contributed by atoms with Gasteiger partial charge in [-0.15, -0.1) is 11.8 Å². The maximum Gasteiger partial charge on any atom is 0.165 e. The van der Waals surface area contributed by atoms with Crippen molar-refractivity contribution in [1.82, 2.24) is 0 Å². The number of ketones is 1. The molecule has 0 aliphatic heterocycles. The maximum atomic E-state index is 11.5. The SMILES string of the molecule is CSC(=NCC1CCCCC1)/C(C(C)=O)=C(/C)O. The molecule has 1 fully saturated rings. The fourth-order valence-corrected chi connectivity index (χ4v) is 3.09. The lowest BCUT2D eigenvalue weighted by Crippen LogP contribution is -2.14. The fraction of sp³-hybridized carbons (Fsp3) is 0.714. The van der Waals surface area contributed by atoms with Crippen molar-refractivity contribution in [3.05, 3.63) is 11.3 Å². The Morgan fingerprint density at radius 2 is 1.89 bits per heavy atom. The Morgan fingerprint density at radius 1 is 1.28 bits per heavy atom. The molecular weight excluding hydrogens is 246 g/mol. The van der Waals surface area contributed by atoms with Crippen molar-refractivity contribution in [1.29, 1.82) is 0 Å². The molecule has 1 rings (SSSR count). The Morgan fingerprint density at radius 3 is 2.33 bits per heavy atom. The third kappa shape index (κ3) is 4.48. The smallest absolute Gasteiger partial charge is 0.165 e. The highest BCUT2D eigenvalue weighted by atomic mass is 32.2. The summed E-state index contributed by atoms with van der Waals surface area (Å²) in [5.74, 6) is 0.596. The average molecular weight is 269 g/mol. The largest absolute Gasteiger partial charge is 0.512 e. The molecule has 0 radical (unpaired) electrons. The number of aliphatic hydroxyl groups excluding tert-OH is 1. The molecule has 1 saturated carbocycles. The number of carbonyl (C=O) groups is 1. The van der Waals surface area contributed by atoms with Gasteiger partial charge in [-0.1, -0.05) is 19.3 Å². The van der Waals surface area contributed by atoms with Gasteiger partial charge in [-0.05, 0) is 38.9 Å². The maximum absolute atomic E-state index is 11.5. The normalized spacial score (nSPS) is 19.6. The van der Waals surface area contributed by atoms with Crippen LogP contribution in [0.25, 0.3) is 0 Å². The minimum atomic E-state index is -0.119. The topological polar surface area (TPSA) is 49.7 Å². The van der Waals surface area contributed by atoms with Gasteiger partial charge in [0.2, 0.25) is 0 Å². The number of thioether (sulfide) groups is 1. The molecule has 102 valence electrons. The number of hydrogen-bond acceptors (Lipinski definition) is 4. The summed E-state index contributed by atoms with van der Waals surface area (Å²) in [7, 11) is 0. The number of carbonyl (C=O) groups excluding carboxylic acids is 1. The molecule has 0 aromatic carbocycles. The molecule has 0 aromatic heterocycles. The average Bonchev–Trinajstić information content (AvgIpc) is 2.34. The van der Waals surface area contributed by atoms with Crippen molar-refractivity contribution < 1.29 is 9.90 Å². The summed E-state index contributed by atoms with van der Waals surface area (Å²) in [6, 6.07) is 0. The van der Waals surface area contributed by atoms with Gasteiger partial charge in [-0.25, -0.2) is 0 Å². The summed E-state index contributed by atoms with van der Waals surface area (Å²) in [6.07, 6.45) is 8.30. The lowest BCUT2D eigenvalue weighted by molar-refractivity contribution is -0.113. The highest BCUT2D eigenvalue weighted by Crippen LogP contribution is 2.24. The molecule has 4 heteroatoms. The zero-order valence-electron chi connectivity index (χ0n) is 11.5. The summed E-state index contributed by atoms with van der Waals surface area (Å²) in [4.78, 5) is 16.1. The standard InChI is InChI=1S/C14H23NO2S/c1-10(16)13(11(2)17)14(18-3)15-9-12-7-5-4-6-8-12/h12,16H,4-9H2,1-3H3/b13-10-,15-14?. The first-order chi connectivity index (χ1) is 8.56. The Balaban J connectivity index is 2.75. The summed E-state index contributed by atoms with van der Waals surface area (Å²) in [6.45, 7) is 3.80. The van der Waals surface area contributed by atoms with Crippen LogP contribution in [0.15, 0.2) is 16.3 Å². The van der Waals surface area contributed by atoms with E-state index >= 15 is 0 Å². The third-order valence-electron chi connectivity index (χ3n) is 3.34. The van der Waals surface area contributed by atoms with Gasteiger partial charge in [-0.3, -0.25) is 9.79 Å². The fourth-order valence-electron chi connectivity index (χ4n) is 2.39. The number of nitrogens with zero attached hydrogens (tertiary/aromatic N) is 1. The molecule has 0 aromatic rings. The van der Waals surface area contributed by atoms with Crippen LogP contribution >= 0.6 is 11.8 Å². The summed E-state index contributed by atoms with van der Waals surface area (Å²) < 4.78 is 0. The molecule has 1 N–H and O–H groups in total. The van der Waals surface area contributed by atoms with Crippen molar-refractivity contribution in [2.75, 3.05) is 12.8 Å². The van der Waals surface area contributed by atoms with E-state index in [0.29, 0.717) is 16.5 Å². The lowest BCUT2D eigenvalue weighted by Gasteiger charge is -2.20. The minimum absolute atomic E-state index is 0.0687. The quantitative estimate of drug-likeness (QED) is 0.366. The monoisotopic (exact) mass is 269 g/mol. The van der Waals surface area contributed by atoms with E-state index < -0.39 is 0 Å². The zero-order chi connectivity index (χ0) is 13.5. The van der Waals surface area contributed by atoms with Gasteiger partial charge in [-0.2, -0.15) is 0 Å². The number of rotatable bonds is 4. The molecule has 0 unspecified atom stereocenters. The molecule has 0 heterocycles. The van der Waals surface area contributed by atoms with E-state index in [-0.39, 0.29) is 11.5 Å². The number of Topliss-reactive ketones (excluding diaryl/α,β-unsaturated/α-hetero) is 1. The van der Waals surface area contributed by atoms with Gasteiger partial charge >= 0.3 is 0 Å². The van der Waals surface area contributed by atoms with Crippen LogP contribution < -0.4 is 0 Å². The second-order valence-electron chi connectivity index (χ2n) is 4.87. The molecule has 0 bridgehead atoms. The minimum Gasteiger partial charge on any atom is -0.512 e. The predicted octanol–water partition coefficient (Wildman–Crippen LogP) is 3.75. The predicted molar refractivity (Wildman–Crippen MR) is 78.4 cm³/mol. The molecular formula is C14H23NO2S. The van der Waals surface area contributed by atoms with E-state index in [0.717, 1.165) is 6.54 Å². The van der Waals surface area contributed by atoms with Gasteiger partial charge in [0.05, 0.1) is 5.57 Å². The van der Waals surface area contributed by atoms with Crippen LogP contribution in [0.1, 0.15) is 46.0 Å². The second-order valence-corrected chi connectivity index (χ2v) is 5.67. The first-order valence-corrected chi connectivity index (χ1v) is 7.78. The van der Waals surface area contributed by atoms with Gasteiger partial charge in [0.25, 0.3) is 0 Å². The van der Waals surface area contributed by atoms with Crippen molar-refractivity contribution in [3.8, 4) is 0 Å². The van der Waals surface area contributed by atoms with Crippen LogP contribution in [-0.4, -0.2) is 28.7 Å². The van der Waals surface area contributed by atoms with Crippen LogP contribution in [0, 0.1) is 5.92 Å². The highest BCUT2D eigenvalue weighted by Gasteiger charge is 2.17. The Kier molecular flexibility index (Phi) is 6.47. The highest BCUT2D eigenvalue weighted by molar-refractivity contribution is 8.14. The van der Waals surface area contributed by atoms with E-state index in [4.69, 9.17) is 0 Å². The first kappa shape index (κ1) is 15.3. The van der Waals surface area contributed by atoms with E-state index in [9.17, 15) is 9.90 Å². The summed E-state index contributed by atoms with van der Waals surface area (Å²) in [5, 5.41) is 10.3. The van der Waals surface area contributed by atoms with Crippen LogP contribution in [0.2, 0.25) is 0 Å². The second kappa shape index (κ2) is 7.62. The molecule has 0 saturated heterocycles. The molecule has 0 spiro atoms. The lowest BCUT2D eigenvalue weighted by atomic mass is 9.89. The van der Waals surface area contributed by atoms with Crippen molar-refractivity contribution in [2.45, 2.75) is 46.0 Å². The van der Waals surface area contributed by atoms with Gasteiger partial charge in [0, 0.05) is 6.54 Å². The molecule has 0 atom stereocenters. The van der Waals surface area contributed by atoms with Crippen LogP contribution in [0.4, 0.5) is 0 Å². The molecule has 3 nitrogen and oxygen atoms in total. The number of allylic oxidation sites excluding steroid dienone is 1. The first-order valence-electron chi connectivity index (χ1n) is 6.55. The number of hydrogen-bond donors (Lipinski definition) is 1. The van der Waals surface area contributed by atoms with Crippen molar-refractivity contribution >= 4 is 22.6 Å². The Hall–Kier alpha value is -0.770. The van der Waals surface area contributed by atoms with Crippen LogP contribution in [0.3, 0.4) is 0 Å². The van der Waals surface area contributed by atoms with E-state index in [1.807, 2.05) is 6.26 Å². The Labute approximate surface area is 114 Å². The van der Waals surface area contributed by atoms with E-state index in [1.54, 1.807) is 6.92 Å². The van der Waals surface area contributed by atoms with Gasteiger partial charge in [0.15, 0.2) is 5.78 Å². The zero-order valence-corrected chi connectivity index (χ0v) is 12.3. The Bertz CT molecular complexity index is 351. The summed E-state index contributed by atoms with van der Waals surface area (Å²) >= 11 is 1.43. The van der Waals surface area contributed by atoms with Crippen LogP contribution in [0.5, 0.6) is 0 Å². The van der Waals surface area contributed by atoms with Crippen molar-refractivity contribution in [2.24, 2.45) is 10.9 Å². The van der Waals surface area contributed by atoms with E-state index in [1.165, 1.54) is 50.8 Å². The summed E-state index contributed by atoms with van der Waals surface area (Å²) in [5.41, 5.74) is 0.373. The molecule has 18 heavy (non-hydrogen) atoms. The van der Waals surface area contributed by atoms with Crippen molar-refractivity contribution in [3.63, 3.8) is 0 Å². The van der Waals surface area contributed by atoms with E-state index in [2.05, 4.69) is 4.99 Å². The van der Waals surface area contributed by atoms with Gasteiger partial charge < -0.3 is 5.11 Å². The van der Waals surface area contributed by atoms with Gasteiger partial charge in [0.1, 0.15) is 10.8 Å². The van der Waals surface area contributed by atoms with Crippen LogP contribution in [-0.2, 0) is 4.79 Å².